The van der Waals surface area contributed by atoms with E-state index in [2.05, 4.69) is 6.92 Å². The molecule has 1 aromatic carbocycles. The molecule has 0 fully saturated rings. The van der Waals surface area contributed by atoms with Crippen LogP contribution in [0.2, 0.25) is 0 Å². The van der Waals surface area contributed by atoms with Gasteiger partial charge >= 0.3 is 5.97 Å². The van der Waals surface area contributed by atoms with E-state index in [9.17, 15) is 14.7 Å². The van der Waals surface area contributed by atoms with Gasteiger partial charge in [-0.25, -0.2) is 4.79 Å². The first-order valence-electron chi connectivity index (χ1n) is 12.0. The van der Waals surface area contributed by atoms with Crippen LogP contribution in [0.5, 0.6) is 0 Å². The number of hydrogen-bond donors (Lipinski definition) is 1. The predicted molar refractivity (Wildman–Crippen MR) is 122 cm³/mol. The second-order valence-electron chi connectivity index (χ2n) is 8.38. The highest BCUT2D eigenvalue weighted by Gasteiger charge is 2.12. The summed E-state index contributed by atoms with van der Waals surface area (Å²) in [6.45, 7) is 2.27. The number of rotatable bonds is 19. The van der Waals surface area contributed by atoms with Crippen molar-refractivity contribution in [2.24, 2.45) is 0 Å². The van der Waals surface area contributed by atoms with Crippen molar-refractivity contribution in [1.82, 2.24) is 0 Å². The zero-order valence-corrected chi connectivity index (χ0v) is 18.6. The zero-order valence-electron chi connectivity index (χ0n) is 18.6. The summed E-state index contributed by atoms with van der Waals surface area (Å²) in [6, 6.07) is 6.81. The molecule has 0 saturated carbocycles. The molecule has 0 spiro atoms. The quantitative estimate of drug-likeness (QED) is 0.241. The Bertz CT molecular complexity index is 565. The van der Waals surface area contributed by atoms with Crippen molar-refractivity contribution < 1.29 is 14.7 Å². The second-order valence-corrected chi connectivity index (χ2v) is 8.38. The molecule has 164 valence electrons. The number of benzene rings is 1. The summed E-state index contributed by atoms with van der Waals surface area (Å²) in [5, 5.41) is 9.18. The smallest absolute Gasteiger partial charge is 0.335 e. The van der Waals surface area contributed by atoms with Crippen molar-refractivity contribution >= 4 is 11.8 Å². The SMILES string of the molecule is CCCCCCCCCCCCCCCCCC(=O)Cc1ccccc1C(=O)O. The molecular formula is C26H42O3. The highest BCUT2D eigenvalue weighted by atomic mass is 16.4. The Hall–Kier alpha value is -1.64. The lowest BCUT2D eigenvalue weighted by Crippen LogP contribution is -2.08. The molecule has 0 radical (unpaired) electrons. The zero-order chi connectivity index (χ0) is 21.2. The molecule has 3 nitrogen and oxygen atoms in total. The van der Waals surface area contributed by atoms with Gasteiger partial charge in [-0.15, -0.1) is 0 Å². The highest BCUT2D eigenvalue weighted by molar-refractivity contribution is 5.92. The average Bonchev–Trinajstić information content (AvgIpc) is 2.71. The number of aromatic carboxylic acids is 1. The fourth-order valence-corrected chi connectivity index (χ4v) is 3.88. The molecule has 0 atom stereocenters. The van der Waals surface area contributed by atoms with Gasteiger partial charge in [0, 0.05) is 12.8 Å². The third kappa shape index (κ3) is 13.2. The highest BCUT2D eigenvalue weighted by Crippen LogP contribution is 2.15. The minimum absolute atomic E-state index is 0.147. The van der Waals surface area contributed by atoms with Gasteiger partial charge in [-0.05, 0) is 18.1 Å². The number of hydrogen-bond acceptors (Lipinski definition) is 2. The van der Waals surface area contributed by atoms with Gasteiger partial charge in [0.25, 0.3) is 0 Å². The largest absolute Gasteiger partial charge is 0.478 e. The third-order valence-electron chi connectivity index (χ3n) is 5.69. The minimum Gasteiger partial charge on any atom is -0.478 e. The van der Waals surface area contributed by atoms with Gasteiger partial charge in [0.2, 0.25) is 0 Å². The lowest BCUT2D eigenvalue weighted by Gasteiger charge is -2.06. The number of carbonyl (C=O) groups is 2. The minimum atomic E-state index is -0.958. The van der Waals surface area contributed by atoms with Crippen LogP contribution < -0.4 is 0 Å². The van der Waals surface area contributed by atoms with E-state index in [4.69, 9.17) is 0 Å². The van der Waals surface area contributed by atoms with Crippen LogP contribution in [-0.2, 0) is 11.2 Å². The maximum absolute atomic E-state index is 12.1. The maximum Gasteiger partial charge on any atom is 0.335 e. The van der Waals surface area contributed by atoms with Crippen molar-refractivity contribution in [3.63, 3.8) is 0 Å². The second kappa shape index (κ2) is 17.2. The van der Waals surface area contributed by atoms with E-state index in [1.165, 1.54) is 83.5 Å². The van der Waals surface area contributed by atoms with Crippen LogP contribution >= 0.6 is 0 Å². The molecule has 0 aliphatic rings. The Balaban J connectivity index is 1.92. The number of carboxylic acids is 1. The van der Waals surface area contributed by atoms with E-state index >= 15 is 0 Å². The van der Waals surface area contributed by atoms with Crippen molar-refractivity contribution in [2.75, 3.05) is 0 Å². The molecule has 0 aromatic heterocycles. The van der Waals surface area contributed by atoms with E-state index in [0.717, 1.165) is 12.8 Å². The fraction of sp³-hybridized carbons (Fsp3) is 0.692. The summed E-state index contributed by atoms with van der Waals surface area (Å²) in [5.41, 5.74) is 0.878. The van der Waals surface area contributed by atoms with Crippen LogP contribution in [0, 0.1) is 0 Å². The van der Waals surface area contributed by atoms with Gasteiger partial charge < -0.3 is 5.11 Å². The molecule has 0 bridgehead atoms. The van der Waals surface area contributed by atoms with Gasteiger partial charge in [0.1, 0.15) is 5.78 Å². The Morgan fingerprint density at radius 1 is 0.690 bits per heavy atom. The van der Waals surface area contributed by atoms with Crippen LogP contribution in [-0.4, -0.2) is 16.9 Å². The third-order valence-corrected chi connectivity index (χ3v) is 5.69. The van der Waals surface area contributed by atoms with E-state index in [1.807, 2.05) is 0 Å². The summed E-state index contributed by atoms with van der Waals surface area (Å²) >= 11 is 0. The standard InChI is InChI=1S/C26H42O3/c1-2-3-4-5-6-7-8-9-10-11-12-13-14-15-16-20-24(27)22-23-19-17-18-21-25(23)26(28)29/h17-19,21H,2-16,20,22H2,1H3,(H,28,29). The molecule has 1 rings (SSSR count). The Kier molecular flexibility index (Phi) is 15.1. The monoisotopic (exact) mass is 402 g/mol. The number of ketones is 1. The molecule has 0 unspecified atom stereocenters. The summed E-state index contributed by atoms with van der Waals surface area (Å²) in [6.07, 6.45) is 20.5. The lowest BCUT2D eigenvalue weighted by atomic mass is 9.99. The van der Waals surface area contributed by atoms with Crippen molar-refractivity contribution in [1.29, 1.82) is 0 Å². The number of carbonyl (C=O) groups excluding carboxylic acids is 1. The first-order valence-corrected chi connectivity index (χ1v) is 12.0. The van der Waals surface area contributed by atoms with E-state index in [0.29, 0.717) is 12.0 Å². The van der Waals surface area contributed by atoms with Crippen molar-refractivity contribution in [3.8, 4) is 0 Å². The van der Waals surface area contributed by atoms with Gasteiger partial charge in [0.05, 0.1) is 5.56 Å². The first kappa shape index (κ1) is 25.4. The topological polar surface area (TPSA) is 54.4 Å². The van der Waals surface area contributed by atoms with Crippen LogP contribution in [0.1, 0.15) is 126 Å². The Morgan fingerprint density at radius 2 is 1.14 bits per heavy atom. The summed E-state index contributed by atoms with van der Waals surface area (Å²) in [5.74, 6) is -0.811. The van der Waals surface area contributed by atoms with Gasteiger partial charge in [-0.2, -0.15) is 0 Å². The van der Waals surface area contributed by atoms with Crippen LogP contribution in [0.4, 0.5) is 0 Å². The normalized spacial score (nSPS) is 10.9. The lowest BCUT2D eigenvalue weighted by molar-refractivity contribution is -0.118. The molecule has 3 heteroatoms. The number of carboxylic acid groups (broad SMARTS) is 1. The molecule has 0 heterocycles. The summed E-state index contributed by atoms with van der Waals surface area (Å²) < 4.78 is 0. The predicted octanol–water partition coefficient (Wildman–Crippen LogP) is 7.76. The van der Waals surface area contributed by atoms with Crippen LogP contribution in [0.25, 0.3) is 0 Å². The summed E-state index contributed by atoms with van der Waals surface area (Å²) in [4.78, 5) is 23.3. The molecule has 0 aliphatic carbocycles. The van der Waals surface area contributed by atoms with E-state index < -0.39 is 5.97 Å². The van der Waals surface area contributed by atoms with Crippen LogP contribution in [0.15, 0.2) is 24.3 Å². The Labute approximate surface area is 178 Å². The van der Waals surface area contributed by atoms with Gasteiger partial charge in [-0.3, -0.25) is 4.79 Å². The molecule has 0 aliphatic heterocycles. The molecule has 1 N–H and O–H groups in total. The van der Waals surface area contributed by atoms with E-state index in [1.54, 1.807) is 24.3 Å². The molecular weight excluding hydrogens is 360 g/mol. The van der Waals surface area contributed by atoms with Crippen LogP contribution in [0.3, 0.4) is 0 Å². The Morgan fingerprint density at radius 3 is 1.62 bits per heavy atom. The van der Waals surface area contributed by atoms with Crippen molar-refractivity contribution in [3.05, 3.63) is 35.4 Å². The number of unbranched alkanes of at least 4 members (excludes halogenated alkanes) is 14. The number of Topliss-reactive ketones (excluding diaryl/α,β-unsaturated/α-hetero) is 1. The average molecular weight is 403 g/mol. The summed E-state index contributed by atoms with van der Waals surface area (Å²) in [7, 11) is 0. The van der Waals surface area contributed by atoms with Gasteiger partial charge in [-0.1, -0.05) is 115 Å². The molecule has 1 aromatic rings. The first-order chi connectivity index (χ1) is 14.1. The maximum atomic E-state index is 12.1. The molecule has 29 heavy (non-hydrogen) atoms. The molecule has 0 amide bonds. The fourth-order valence-electron chi connectivity index (χ4n) is 3.88. The van der Waals surface area contributed by atoms with Crippen molar-refractivity contribution in [2.45, 2.75) is 116 Å². The molecule has 0 saturated heterocycles. The van der Waals surface area contributed by atoms with E-state index in [-0.39, 0.29) is 17.8 Å². The van der Waals surface area contributed by atoms with Gasteiger partial charge in [0.15, 0.2) is 0 Å².